The lowest BCUT2D eigenvalue weighted by atomic mass is 10.1. The van der Waals surface area contributed by atoms with Crippen LogP contribution in [0.4, 0.5) is 0 Å². The van der Waals surface area contributed by atoms with E-state index in [9.17, 15) is 0 Å². The highest BCUT2D eigenvalue weighted by atomic mass is 127. The van der Waals surface area contributed by atoms with E-state index in [2.05, 4.69) is 56.0 Å². The molecule has 0 saturated heterocycles. The number of rotatable bonds is 3. The molecule has 2 N–H and O–H groups in total. The van der Waals surface area contributed by atoms with Gasteiger partial charge in [-0.2, -0.15) is 5.10 Å². The summed E-state index contributed by atoms with van der Waals surface area (Å²) in [6, 6.07) is 11.5. The van der Waals surface area contributed by atoms with Crippen molar-refractivity contribution in [3.05, 3.63) is 47.5 Å². The third-order valence-electron chi connectivity index (χ3n) is 4.87. The van der Waals surface area contributed by atoms with Gasteiger partial charge in [-0.15, -0.1) is 24.0 Å². The van der Waals surface area contributed by atoms with Crippen LogP contribution in [-0.2, 0) is 13.0 Å². The van der Waals surface area contributed by atoms with Crippen molar-refractivity contribution in [3.63, 3.8) is 0 Å². The van der Waals surface area contributed by atoms with Crippen LogP contribution in [0.25, 0.3) is 0 Å². The predicted octanol–water partition coefficient (Wildman–Crippen LogP) is 2.24. The molecule has 0 radical (unpaired) electrons. The second kappa shape index (κ2) is 7.72. The first-order valence-electron chi connectivity index (χ1n) is 8.68. The molecule has 0 bridgehead atoms. The number of guanidine groups is 1. The quantitative estimate of drug-likeness (QED) is 0.426. The zero-order valence-electron chi connectivity index (χ0n) is 14.6. The van der Waals surface area contributed by atoms with Crippen LogP contribution in [0.15, 0.2) is 35.3 Å². The van der Waals surface area contributed by atoms with E-state index in [-0.39, 0.29) is 24.0 Å². The minimum Gasteiger partial charge on any atom is -0.353 e. The van der Waals surface area contributed by atoms with Crippen LogP contribution in [0.2, 0.25) is 0 Å². The Morgan fingerprint density at radius 1 is 1.24 bits per heavy atom. The number of hydrogen-bond acceptors (Lipinski definition) is 3. The number of benzene rings is 1. The largest absolute Gasteiger partial charge is 0.353 e. The number of aryl methyl sites for hydroxylation is 2. The Kier molecular flexibility index (Phi) is 5.61. The summed E-state index contributed by atoms with van der Waals surface area (Å²) in [7, 11) is 1.84. The number of halogens is 1. The normalized spacial score (nSPS) is 24.9. The molecule has 0 spiro atoms. The van der Waals surface area contributed by atoms with Gasteiger partial charge < -0.3 is 10.6 Å². The summed E-state index contributed by atoms with van der Waals surface area (Å²) in [5.41, 5.74) is 1.41. The van der Waals surface area contributed by atoms with Gasteiger partial charge in [0.2, 0.25) is 0 Å². The summed E-state index contributed by atoms with van der Waals surface area (Å²) < 4.78 is 2.02. The fourth-order valence-corrected chi connectivity index (χ4v) is 3.51. The molecule has 6 nitrogen and oxygen atoms in total. The fourth-order valence-electron chi connectivity index (χ4n) is 3.51. The first-order valence-corrected chi connectivity index (χ1v) is 8.68. The van der Waals surface area contributed by atoms with E-state index in [1.807, 2.05) is 18.7 Å². The highest BCUT2D eigenvalue weighted by Crippen LogP contribution is 2.40. The molecule has 1 fully saturated rings. The highest BCUT2D eigenvalue weighted by Gasteiger charge is 2.39. The van der Waals surface area contributed by atoms with Crippen LogP contribution in [0, 0.1) is 6.92 Å². The van der Waals surface area contributed by atoms with Gasteiger partial charge in [0.25, 0.3) is 0 Å². The van der Waals surface area contributed by atoms with Crippen molar-refractivity contribution in [2.75, 3.05) is 7.05 Å². The molecule has 1 aromatic heterocycles. The van der Waals surface area contributed by atoms with Crippen LogP contribution >= 0.6 is 24.0 Å². The second-order valence-corrected chi connectivity index (χ2v) is 6.71. The first kappa shape index (κ1) is 18.2. The van der Waals surface area contributed by atoms with E-state index in [1.165, 1.54) is 12.0 Å². The molecule has 7 heteroatoms. The molecule has 1 aliphatic carbocycles. The van der Waals surface area contributed by atoms with Crippen molar-refractivity contribution in [1.29, 1.82) is 0 Å². The monoisotopic (exact) mass is 452 g/mol. The molecule has 1 saturated carbocycles. The Balaban J connectivity index is 0.00000182. The zero-order valence-corrected chi connectivity index (χ0v) is 17.0. The van der Waals surface area contributed by atoms with Crippen molar-refractivity contribution < 1.29 is 0 Å². The third kappa shape index (κ3) is 4.13. The molecule has 1 aliphatic heterocycles. The summed E-state index contributed by atoms with van der Waals surface area (Å²) in [5.74, 6) is 3.45. The number of fused-ring (bicyclic) bond motifs is 1. The van der Waals surface area contributed by atoms with E-state index in [0.29, 0.717) is 18.0 Å². The van der Waals surface area contributed by atoms with Gasteiger partial charge >= 0.3 is 0 Å². The molecule has 0 amide bonds. The van der Waals surface area contributed by atoms with Gasteiger partial charge in [-0.25, -0.2) is 9.67 Å². The summed E-state index contributed by atoms with van der Waals surface area (Å²) >= 11 is 0. The Labute approximate surface area is 165 Å². The number of aromatic nitrogens is 3. The number of nitrogens with zero attached hydrogens (tertiary/aromatic N) is 4. The SMILES string of the molecule is CN=C(NC1CCc2nc(C)nn2C1)NC1CC1c1ccccc1.I. The number of nitrogens with one attached hydrogen (secondary N) is 2. The van der Waals surface area contributed by atoms with E-state index in [1.54, 1.807) is 0 Å². The van der Waals surface area contributed by atoms with Crippen molar-refractivity contribution in [1.82, 2.24) is 25.4 Å². The van der Waals surface area contributed by atoms with Crippen LogP contribution in [0.1, 0.15) is 36.0 Å². The molecular weight excluding hydrogens is 427 g/mol. The van der Waals surface area contributed by atoms with E-state index in [0.717, 1.165) is 37.0 Å². The molecule has 2 heterocycles. The molecule has 4 rings (SSSR count). The Morgan fingerprint density at radius 3 is 2.80 bits per heavy atom. The van der Waals surface area contributed by atoms with Gasteiger partial charge in [0.05, 0.1) is 6.54 Å². The fraction of sp³-hybridized carbons (Fsp3) is 0.500. The minimum absolute atomic E-state index is 0. The van der Waals surface area contributed by atoms with Crippen LogP contribution in [0.5, 0.6) is 0 Å². The van der Waals surface area contributed by atoms with Gasteiger partial charge in [-0.1, -0.05) is 30.3 Å². The molecule has 134 valence electrons. The maximum atomic E-state index is 4.47. The van der Waals surface area contributed by atoms with Crippen molar-refractivity contribution >= 4 is 29.9 Å². The molecular formula is C18H25IN6. The predicted molar refractivity (Wildman–Crippen MR) is 110 cm³/mol. The van der Waals surface area contributed by atoms with Crippen molar-refractivity contribution in [2.45, 2.75) is 50.7 Å². The summed E-state index contributed by atoms with van der Waals surface area (Å²) in [6.45, 7) is 2.80. The van der Waals surface area contributed by atoms with Crippen molar-refractivity contribution in [3.8, 4) is 0 Å². The highest BCUT2D eigenvalue weighted by molar-refractivity contribution is 14.0. The second-order valence-electron chi connectivity index (χ2n) is 6.71. The summed E-state index contributed by atoms with van der Waals surface area (Å²) in [4.78, 5) is 8.87. The number of hydrogen-bond donors (Lipinski definition) is 2. The molecule has 2 aromatic rings. The Morgan fingerprint density at radius 2 is 2.04 bits per heavy atom. The van der Waals surface area contributed by atoms with Crippen molar-refractivity contribution in [2.24, 2.45) is 4.99 Å². The smallest absolute Gasteiger partial charge is 0.191 e. The van der Waals surface area contributed by atoms with Crippen LogP contribution in [0.3, 0.4) is 0 Å². The Hall–Kier alpha value is -1.64. The van der Waals surface area contributed by atoms with Gasteiger partial charge in [0, 0.05) is 31.5 Å². The molecule has 3 atom stereocenters. The van der Waals surface area contributed by atoms with E-state index >= 15 is 0 Å². The molecule has 25 heavy (non-hydrogen) atoms. The molecule has 1 aromatic carbocycles. The summed E-state index contributed by atoms with van der Waals surface area (Å²) in [6.07, 6.45) is 3.19. The topological polar surface area (TPSA) is 67.1 Å². The minimum atomic E-state index is 0. The van der Waals surface area contributed by atoms with Gasteiger partial charge in [-0.3, -0.25) is 4.99 Å². The third-order valence-corrected chi connectivity index (χ3v) is 4.87. The lowest BCUT2D eigenvalue weighted by Gasteiger charge is -2.25. The maximum Gasteiger partial charge on any atom is 0.191 e. The van der Waals surface area contributed by atoms with E-state index < -0.39 is 0 Å². The summed E-state index contributed by atoms with van der Waals surface area (Å²) in [5, 5.41) is 11.6. The van der Waals surface area contributed by atoms with Crippen LogP contribution in [-0.4, -0.2) is 39.9 Å². The van der Waals surface area contributed by atoms with Gasteiger partial charge in [0.1, 0.15) is 11.6 Å². The molecule has 3 unspecified atom stereocenters. The van der Waals surface area contributed by atoms with E-state index in [4.69, 9.17) is 0 Å². The lowest BCUT2D eigenvalue weighted by molar-refractivity contribution is 0.392. The average Bonchev–Trinajstić information content (AvgIpc) is 3.26. The maximum absolute atomic E-state index is 4.47. The zero-order chi connectivity index (χ0) is 16.5. The van der Waals surface area contributed by atoms with Gasteiger partial charge in [0.15, 0.2) is 5.96 Å². The number of aliphatic imine (C=N–C) groups is 1. The molecule has 2 aliphatic rings. The van der Waals surface area contributed by atoms with Gasteiger partial charge in [-0.05, 0) is 25.3 Å². The lowest BCUT2D eigenvalue weighted by Crippen LogP contribution is -2.47. The first-order chi connectivity index (χ1) is 11.7. The van der Waals surface area contributed by atoms with Crippen LogP contribution < -0.4 is 10.6 Å². The average molecular weight is 452 g/mol. The standard InChI is InChI=1S/C18H24N6.HI/c1-12-20-17-9-8-14(11-24(17)23-12)21-18(19-2)22-16-10-15(16)13-6-4-3-5-7-13;/h3-7,14-16H,8-11H2,1-2H3,(H2,19,21,22);1H. The Bertz CT molecular complexity index is 741.